The third-order valence-electron chi connectivity index (χ3n) is 2.34. The second kappa shape index (κ2) is 4.51. The highest BCUT2D eigenvalue weighted by atomic mass is 35.5. The number of rotatable bonds is 2. The van der Waals surface area contributed by atoms with Crippen LogP contribution in [0.25, 0.3) is 11.1 Å². The molecule has 2 aromatic rings. The monoisotopic (exact) mass is 251 g/mol. The average Bonchev–Trinajstić information content (AvgIpc) is 2.33. The molecule has 0 atom stereocenters. The molecule has 0 heterocycles. The SMILES string of the molecule is O=[N+]([O-])c1ccc(-c2ccccc2)c(F)c1Cl. The highest BCUT2D eigenvalue weighted by Gasteiger charge is 2.19. The molecule has 0 aromatic heterocycles. The first-order valence-corrected chi connectivity index (χ1v) is 5.17. The van der Waals surface area contributed by atoms with Crippen molar-refractivity contribution in [1.82, 2.24) is 0 Å². The maximum Gasteiger partial charge on any atom is 0.290 e. The minimum atomic E-state index is -0.771. The Morgan fingerprint density at radius 3 is 2.35 bits per heavy atom. The molecule has 5 heteroatoms. The van der Waals surface area contributed by atoms with Gasteiger partial charge in [0.1, 0.15) is 0 Å². The summed E-state index contributed by atoms with van der Waals surface area (Å²) in [5.74, 6) is -0.771. The summed E-state index contributed by atoms with van der Waals surface area (Å²) in [6, 6.07) is 11.3. The Balaban J connectivity index is 2.60. The van der Waals surface area contributed by atoms with Crippen LogP contribution in [0.4, 0.5) is 10.1 Å². The van der Waals surface area contributed by atoms with Gasteiger partial charge in [0.15, 0.2) is 10.8 Å². The molecule has 0 amide bonds. The standard InChI is InChI=1S/C12H7ClFNO2/c13-11-10(15(16)17)7-6-9(12(11)14)8-4-2-1-3-5-8/h1-7H. The third-order valence-corrected chi connectivity index (χ3v) is 2.70. The average molecular weight is 252 g/mol. The molecule has 0 spiro atoms. The molecular weight excluding hydrogens is 245 g/mol. The van der Waals surface area contributed by atoms with Crippen molar-refractivity contribution in [2.24, 2.45) is 0 Å². The first kappa shape index (κ1) is 11.5. The minimum absolute atomic E-state index is 0.251. The van der Waals surface area contributed by atoms with Crippen LogP contribution >= 0.6 is 11.6 Å². The second-order valence-electron chi connectivity index (χ2n) is 3.38. The molecule has 0 aliphatic rings. The fourth-order valence-corrected chi connectivity index (χ4v) is 1.75. The van der Waals surface area contributed by atoms with Gasteiger partial charge in [0.2, 0.25) is 0 Å². The highest BCUT2D eigenvalue weighted by Crippen LogP contribution is 2.33. The summed E-state index contributed by atoms with van der Waals surface area (Å²) in [5.41, 5.74) is 0.451. The Morgan fingerprint density at radius 2 is 1.76 bits per heavy atom. The number of benzene rings is 2. The molecule has 0 bridgehead atoms. The molecule has 17 heavy (non-hydrogen) atoms. The predicted molar refractivity (Wildman–Crippen MR) is 63.5 cm³/mol. The molecular formula is C12H7ClFNO2. The normalized spacial score (nSPS) is 10.2. The van der Waals surface area contributed by atoms with E-state index in [9.17, 15) is 14.5 Å². The molecule has 0 saturated carbocycles. The van der Waals surface area contributed by atoms with Crippen LogP contribution in [-0.4, -0.2) is 4.92 Å². The van der Waals surface area contributed by atoms with Crippen molar-refractivity contribution in [1.29, 1.82) is 0 Å². The van der Waals surface area contributed by atoms with Crippen LogP contribution in [0.1, 0.15) is 0 Å². The van der Waals surface area contributed by atoms with Gasteiger partial charge in [-0.1, -0.05) is 41.9 Å². The molecule has 0 aliphatic heterocycles. The lowest BCUT2D eigenvalue weighted by atomic mass is 10.0. The summed E-state index contributed by atoms with van der Waals surface area (Å²) in [4.78, 5) is 9.87. The van der Waals surface area contributed by atoms with Crippen molar-refractivity contribution in [2.75, 3.05) is 0 Å². The van der Waals surface area contributed by atoms with Crippen LogP contribution in [-0.2, 0) is 0 Å². The van der Waals surface area contributed by atoms with Crippen molar-refractivity contribution < 1.29 is 9.31 Å². The van der Waals surface area contributed by atoms with E-state index < -0.39 is 21.5 Å². The van der Waals surface area contributed by atoms with Gasteiger partial charge in [-0.05, 0) is 11.6 Å². The molecule has 3 nitrogen and oxygen atoms in total. The lowest BCUT2D eigenvalue weighted by Crippen LogP contribution is -1.93. The summed E-state index contributed by atoms with van der Waals surface area (Å²) < 4.78 is 13.9. The third kappa shape index (κ3) is 2.12. The summed E-state index contributed by atoms with van der Waals surface area (Å²) in [7, 11) is 0. The number of hydrogen-bond donors (Lipinski definition) is 0. The Hall–Kier alpha value is -1.94. The van der Waals surface area contributed by atoms with E-state index >= 15 is 0 Å². The Labute approximate surface area is 102 Å². The second-order valence-corrected chi connectivity index (χ2v) is 3.76. The van der Waals surface area contributed by atoms with Crippen LogP contribution < -0.4 is 0 Å². The Morgan fingerprint density at radius 1 is 1.12 bits per heavy atom. The van der Waals surface area contributed by atoms with Gasteiger partial charge in [0, 0.05) is 11.6 Å². The van der Waals surface area contributed by atoms with Gasteiger partial charge < -0.3 is 0 Å². The molecule has 86 valence electrons. The van der Waals surface area contributed by atoms with Crippen LogP contribution in [0, 0.1) is 15.9 Å². The molecule has 0 fully saturated rings. The maximum atomic E-state index is 13.9. The molecule has 0 N–H and O–H groups in total. The fourth-order valence-electron chi connectivity index (χ4n) is 1.52. The van der Waals surface area contributed by atoms with E-state index in [1.807, 2.05) is 0 Å². The first-order chi connectivity index (χ1) is 8.11. The van der Waals surface area contributed by atoms with E-state index in [-0.39, 0.29) is 5.56 Å². The van der Waals surface area contributed by atoms with Gasteiger partial charge in [-0.15, -0.1) is 0 Å². The van der Waals surface area contributed by atoms with Crippen molar-refractivity contribution in [2.45, 2.75) is 0 Å². The largest absolute Gasteiger partial charge is 0.290 e. The lowest BCUT2D eigenvalue weighted by molar-refractivity contribution is -0.384. The summed E-state index contributed by atoms with van der Waals surface area (Å²) >= 11 is 5.63. The Kier molecular flexibility index (Phi) is 3.06. The quantitative estimate of drug-likeness (QED) is 0.597. The molecule has 0 unspecified atom stereocenters. The summed E-state index contributed by atoms with van der Waals surface area (Å²) in [6.45, 7) is 0. The van der Waals surface area contributed by atoms with Crippen LogP contribution in [0.3, 0.4) is 0 Å². The van der Waals surface area contributed by atoms with E-state index in [1.165, 1.54) is 12.1 Å². The van der Waals surface area contributed by atoms with Gasteiger partial charge in [0.25, 0.3) is 5.69 Å². The van der Waals surface area contributed by atoms with Crippen molar-refractivity contribution >= 4 is 17.3 Å². The number of nitro benzene ring substituents is 1. The van der Waals surface area contributed by atoms with Crippen molar-refractivity contribution in [3.63, 3.8) is 0 Å². The van der Waals surface area contributed by atoms with Gasteiger partial charge in [-0.2, -0.15) is 0 Å². The van der Waals surface area contributed by atoms with Crippen LogP contribution in [0.2, 0.25) is 5.02 Å². The van der Waals surface area contributed by atoms with E-state index in [1.54, 1.807) is 30.3 Å². The first-order valence-electron chi connectivity index (χ1n) is 4.79. The van der Waals surface area contributed by atoms with Gasteiger partial charge in [0.05, 0.1) is 4.92 Å². The van der Waals surface area contributed by atoms with E-state index in [0.717, 1.165) is 0 Å². The van der Waals surface area contributed by atoms with Gasteiger partial charge >= 0.3 is 0 Å². The molecule has 0 saturated heterocycles. The Bertz CT molecular complexity index is 572. The van der Waals surface area contributed by atoms with Crippen molar-refractivity contribution in [3.8, 4) is 11.1 Å². The number of nitro groups is 1. The van der Waals surface area contributed by atoms with Gasteiger partial charge in [-0.25, -0.2) is 4.39 Å². The fraction of sp³-hybridized carbons (Fsp3) is 0. The topological polar surface area (TPSA) is 43.1 Å². The zero-order chi connectivity index (χ0) is 12.4. The smallest absolute Gasteiger partial charge is 0.258 e. The molecule has 2 aromatic carbocycles. The number of halogens is 2. The molecule has 2 rings (SSSR count). The lowest BCUT2D eigenvalue weighted by Gasteiger charge is -2.05. The molecule has 0 aliphatic carbocycles. The van der Waals surface area contributed by atoms with Crippen LogP contribution in [0.5, 0.6) is 0 Å². The zero-order valence-electron chi connectivity index (χ0n) is 8.56. The predicted octanol–water partition coefficient (Wildman–Crippen LogP) is 4.05. The summed E-state index contributed by atoms with van der Waals surface area (Å²) in [5, 5.41) is 10.1. The van der Waals surface area contributed by atoms with E-state index in [0.29, 0.717) is 5.56 Å². The zero-order valence-corrected chi connectivity index (χ0v) is 9.32. The van der Waals surface area contributed by atoms with E-state index in [2.05, 4.69) is 0 Å². The minimum Gasteiger partial charge on any atom is -0.258 e. The summed E-state index contributed by atoms with van der Waals surface area (Å²) in [6.07, 6.45) is 0. The molecule has 0 radical (unpaired) electrons. The van der Waals surface area contributed by atoms with Gasteiger partial charge in [-0.3, -0.25) is 10.1 Å². The van der Waals surface area contributed by atoms with E-state index in [4.69, 9.17) is 11.6 Å². The van der Waals surface area contributed by atoms with Crippen LogP contribution in [0.15, 0.2) is 42.5 Å². The maximum absolute atomic E-state index is 13.9. The van der Waals surface area contributed by atoms with Crippen molar-refractivity contribution in [3.05, 3.63) is 63.4 Å². The highest BCUT2D eigenvalue weighted by molar-refractivity contribution is 6.33. The number of hydrogen-bond acceptors (Lipinski definition) is 2. The number of nitrogens with zero attached hydrogens (tertiary/aromatic N) is 1.